The largest absolute Gasteiger partial charge is 0.396 e. The van der Waals surface area contributed by atoms with Crippen LogP contribution in [-0.4, -0.2) is 17.1 Å². The van der Waals surface area contributed by atoms with Crippen LogP contribution < -0.4 is 0 Å². The van der Waals surface area contributed by atoms with Gasteiger partial charge in [0.05, 0.1) is 0 Å². The smallest absolute Gasteiger partial charge is 0.0433 e. The van der Waals surface area contributed by atoms with E-state index >= 15 is 0 Å². The second-order valence-electron chi connectivity index (χ2n) is 5.42. The maximum atomic E-state index is 9.01. The quantitative estimate of drug-likeness (QED) is 0.789. The van der Waals surface area contributed by atoms with Crippen LogP contribution in [0, 0.1) is 0 Å². The van der Waals surface area contributed by atoms with Crippen molar-refractivity contribution in [3.8, 4) is 0 Å². The van der Waals surface area contributed by atoms with Crippen molar-refractivity contribution in [2.24, 2.45) is 0 Å². The minimum atomic E-state index is 0.135. The molecule has 0 spiro atoms. The Hall–Kier alpha value is -0.530. The van der Waals surface area contributed by atoms with Crippen LogP contribution in [0.2, 0.25) is 0 Å². The molecular formula is C16H23ClO. The SMILES string of the molecule is OCCCC(Cl)C1(c2ccccc2)CCCCC1. The maximum absolute atomic E-state index is 9.01. The molecule has 0 saturated heterocycles. The molecule has 0 radical (unpaired) electrons. The minimum absolute atomic E-state index is 0.135. The van der Waals surface area contributed by atoms with Gasteiger partial charge in [-0.2, -0.15) is 0 Å². The third kappa shape index (κ3) is 2.89. The number of rotatable bonds is 5. The van der Waals surface area contributed by atoms with Crippen LogP contribution in [0.1, 0.15) is 50.5 Å². The molecule has 0 bridgehead atoms. The predicted molar refractivity (Wildman–Crippen MR) is 77.2 cm³/mol. The first-order valence-corrected chi connectivity index (χ1v) is 7.54. The van der Waals surface area contributed by atoms with Crippen LogP contribution in [0.5, 0.6) is 0 Å². The molecule has 1 N–H and O–H groups in total. The van der Waals surface area contributed by atoms with Gasteiger partial charge in [0.15, 0.2) is 0 Å². The van der Waals surface area contributed by atoms with E-state index in [1.807, 2.05) is 0 Å². The zero-order valence-corrected chi connectivity index (χ0v) is 11.7. The van der Waals surface area contributed by atoms with Gasteiger partial charge in [0, 0.05) is 17.4 Å². The summed E-state index contributed by atoms with van der Waals surface area (Å²) < 4.78 is 0. The third-order valence-corrected chi connectivity index (χ3v) is 4.95. The highest BCUT2D eigenvalue weighted by Crippen LogP contribution is 2.45. The van der Waals surface area contributed by atoms with Crippen LogP contribution in [-0.2, 0) is 5.41 Å². The maximum Gasteiger partial charge on any atom is 0.0433 e. The molecule has 100 valence electrons. The lowest BCUT2D eigenvalue weighted by Crippen LogP contribution is -2.38. The Labute approximate surface area is 115 Å². The van der Waals surface area contributed by atoms with E-state index in [9.17, 15) is 0 Å². The van der Waals surface area contributed by atoms with Crippen LogP contribution in [0.25, 0.3) is 0 Å². The first-order chi connectivity index (χ1) is 8.79. The summed E-state index contributed by atoms with van der Waals surface area (Å²) in [6.45, 7) is 0.244. The summed E-state index contributed by atoms with van der Waals surface area (Å²) in [6, 6.07) is 10.7. The van der Waals surface area contributed by atoms with Crippen molar-refractivity contribution < 1.29 is 5.11 Å². The van der Waals surface area contributed by atoms with Crippen LogP contribution in [0.15, 0.2) is 30.3 Å². The number of hydrogen-bond donors (Lipinski definition) is 1. The van der Waals surface area contributed by atoms with E-state index in [0.29, 0.717) is 0 Å². The first-order valence-electron chi connectivity index (χ1n) is 7.10. The molecule has 1 saturated carbocycles. The summed E-state index contributed by atoms with van der Waals surface area (Å²) in [5.74, 6) is 0. The molecule has 1 aliphatic rings. The van der Waals surface area contributed by atoms with Crippen molar-refractivity contribution in [3.05, 3.63) is 35.9 Å². The Morgan fingerprint density at radius 3 is 2.39 bits per heavy atom. The zero-order valence-electron chi connectivity index (χ0n) is 10.9. The molecular weight excluding hydrogens is 244 g/mol. The molecule has 0 amide bonds. The number of aliphatic hydroxyl groups excluding tert-OH is 1. The van der Waals surface area contributed by atoms with E-state index in [-0.39, 0.29) is 17.4 Å². The van der Waals surface area contributed by atoms with Crippen molar-refractivity contribution in [3.63, 3.8) is 0 Å². The summed E-state index contributed by atoms with van der Waals surface area (Å²) in [5.41, 5.74) is 1.53. The molecule has 2 rings (SSSR count). The fraction of sp³-hybridized carbons (Fsp3) is 0.625. The molecule has 0 aromatic heterocycles. The van der Waals surface area contributed by atoms with Crippen molar-refractivity contribution in [1.82, 2.24) is 0 Å². The highest BCUT2D eigenvalue weighted by Gasteiger charge is 2.39. The standard InChI is InChI=1S/C16H23ClO/c17-15(10-7-13-18)16(11-5-2-6-12-16)14-8-3-1-4-9-14/h1,3-4,8-9,15,18H,2,5-7,10-13H2. The van der Waals surface area contributed by atoms with Gasteiger partial charge in [0.1, 0.15) is 0 Å². The molecule has 1 nitrogen and oxygen atoms in total. The van der Waals surface area contributed by atoms with E-state index in [1.54, 1.807) is 0 Å². The number of alkyl halides is 1. The highest BCUT2D eigenvalue weighted by atomic mass is 35.5. The van der Waals surface area contributed by atoms with Crippen molar-refractivity contribution in [2.45, 2.75) is 55.7 Å². The van der Waals surface area contributed by atoms with Crippen LogP contribution in [0.3, 0.4) is 0 Å². The lowest BCUT2D eigenvalue weighted by atomic mass is 9.66. The fourth-order valence-corrected chi connectivity index (χ4v) is 3.78. The van der Waals surface area contributed by atoms with Gasteiger partial charge in [-0.3, -0.25) is 0 Å². The van der Waals surface area contributed by atoms with E-state index in [0.717, 1.165) is 12.8 Å². The molecule has 1 aromatic rings. The van der Waals surface area contributed by atoms with E-state index in [2.05, 4.69) is 30.3 Å². The van der Waals surface area contributed by atoms with Gasteiger partial charge in [-0.25, -0.2) is 0 Å². The van der Waals surface area contributed by atoms with Crippen molar-refractivity contribution >= 4 is 11.6 Å². The monoisotopic (exact) mass is 266 g/mol. The second-order valence-corrected chi connectivity index (χ2v) is 5.94. The van der Waals surface area contributed by atoms with Crippen LogP contribution in [0.4, 0.5) is 0 Å². The predicted octanol–water partition coefficient (Wildman–Crippen LogP) is 4.27. The lowest BCUT2D eigenvalue weighted by Gasteiger charge is -2.41. The molecule has 1 atom stereocenters. The molecule has 0 aliphatic heterocycles. The number of hydrogen-bond acceptors (Lipinski definition) is 1. The lowest BCUT2D eigenvalue weighted by molar-refractivity contribution is 0.246. The minimum Gasteiger partial charge on any atom is -0.396 e. The van der Waals surface area contributed by atoms with Gasteiger partial charge >= 0.3 is 0 Å². The molecule has 2 heteroatoms. The normalized spacial score (nSPS) is 20.6. The Kier molecular flexibility index (Phi) is 5.08. The van der Waals surface area contributed by atoms with Gasteiger partial charge < -0.3 is 5.11 Å². The third-order valence-electron chi connectivity index (χ3n) is 4.31. The second kappa shape index (κ2) is 6.58. The molecule has 1 unspecified atom stereocenters. The average molecular weight is 267 g/mol. The Bertz CT molecular complexity index is 343. The summed E-state index contributed by atoms with van der Waals surface area (Å²) in [7, 11) is 0. The Morgan fingerprint density at radius 1 is 1.11 bits per heavy atom. The van der Waals surface area contributed by atoms with Gasteiger partial charge in [0.2, 0.25) is 0 Å². The number of aliphatic hydroxyl groups is 1. The Morgan fingerprint density at radius 2 is 1.78 bits per heavy atom. The van der Waals surface area contributed by atoms with E-state index in [1.165, 1.54) is 37.7 Å². The number of halogens is 1. The molecule has 0 heterocycles. The van der Waals surface area contributed by atoms with E-state index < -0.39 is 0 Å². The molecule has 1 aromatic carbocycles. The van der Waals surface area contributed by atoms with Gasteiger partial charge in [-0.1, -0.05) is 49.6 Å². The summed E-state index contributed by atoms with van der Waals surface area (Å²) in [4.78, 5) is 0. The molecule has 1 aliphatic carbocycles. The summed E-state index contributed by atoms with van der Waals surface area (Å²) in [5, 5.41) is 9.16. The topological polar surface area (TPSA) is 20.2 Å². The zero-order chi connectivity index (χ0) is 12.8. The van der Waals surface area contributed by atoms with Gasteiger partial charge in [-0.05, 0) is 31.2 Å². The average Bonchev–Trinajstić information content (AvgIpc) is 2.46. The fourth-order valence-electron chi connectivity index (χ4n) is 3.28. The van der Waals surface area contributed by atoms with E-state index in [4.69, 9.17) is 16.7 Å². The van der Waals surface area contributed by atoms with Crippen molar-refractivity contribution in [2.75, 3.05) is 6.61 Å². The van der Waals surface area contributed by atoms with Crippen molar-refractivity contribution in [1.29, 1.82) is 0 Å². The van der Waals surface area contributed by atoms with Gasteiger partial charge in [-0.15, -0.1) is 11.6 Å². The number of benzene rings is 1. The Balaban J connectivity index is 2.22. The first kappa shape index (κ1) is 13.9. The highest BCUT2D eigenvalue weighted by molar-refractivity contribution is 6.21. The summed E-state index contributed by atoms with van der Waals surface area (Å²) in [6.07, 6.45) is 7.98. The molecule has 1 fully saturated rings. The summed E-state index contributed by atoms with van der Waals surface area (Å²) >= 11 is 6.72. The van der Waals surface area contributed by atoms with Gasteiger partial charge in [0.25, 0.3) is 0 Å². The van der Waals surface area contributed by atoms with Crippen LogP contribution >= 0.6 is 11.6 Å². The molecule has 18 heavy (non-hydrogen) atoms.